The Morgan fingerprint density at radius 2 is 0.875 bits per heavy atom. The first-order chi connectivity index (χ1) is 27.2. The second-order valence-corrected chi connectivity index (χ2v) is 16.1. The van der Waals surface area contributed by atoms with E-state index in [1.54, 1.807) is 0 Å². The molecular weight excluding hydrogens is 711 g/mol. The van der Waals surface area contributed by atoms with Crippen molar-refractivity contribution in [3.8, 4) is 0 Å². The van der Waals surface area contributed by atoms with Crippen LogP contribution in [0.5, 0.6) is 0 Å². The lowest BCUT2D eigenvalue weighted by Gasteiger charge is -2.18. The molecule has 0 fully saturated rings. The Balaban J connectivity index is 4.57. The first kappa shape index (κ1) is 53.8. The van der Waals surface area contributed by atoms with Crippen LogP contribution in [-0.2, 0) is 33.3 Å². The zero-order chi connectivity index (χ0) is 41.3. The first-order valence-electron chi connectivity index (χ1n) is 23.3. The number of likely N-dealkylation sites (N-methyl/N-ethyl adjacent to an activating group) is 1. The van der Waals surface area contributed by atoms with Crippen LogP contribution < -0.4 is 0 Å². The SMILES string of the molecule is CCCCCCCCCCCCC(CCCC(=O)CCCCCCC(COC(=O)CCCCCCC)COC(=O)CCCCCCC)OC(=O)OCCN(C)O. The van der Waals surface area contributed by atoms with Crippen molar-refractivity contribution in [2.24, 2.45) is 5.92 Å². The number of hydroxylamine groups is 2. The Kier molecular flexibility index (Phi) is 39.4. The summed E-state index contributed by atoms with van der Waals surface area (Å²) in [5, 5.41) is 10.3. The number of carbonyl (C=O) groups excluding carboxylic acids is 4. The standard InChI is InChI=1S/C46H87NO9/c1-5-8-11-14-15-16-17-18-21-26-33-43(56-46(51)53-38-37-47(4)52)34-29-32-42(48)31-25-23-22-24-30-41(39-54-44(49)35-27-19-12-9-6-2)40-55-45(50)36-28-20-13-10-7-3/h41,43,52H,5-40H2,1-4H3. The van der Waals surface area contributed by atoms with Gasteiger partial charge in [0.05, 0.1) is 19.8 Å². The van der Waals surface area contributed by atoms with E-state index in [0.29, 0.717) is 38.5 Å². The van der Waals surface area contributed by atoms with Crippen molar-refractivity contribution in [1.29, 1.82) is 0 Å². The average Bonchev–Trinajstić information content (AvgIpc) is 3.17. The number of esters is 2. The molecule has 10 heteroatoms. The fourth-order valence-corrected chi connectivity index (χ4v) is 6.84. The summed E-state index contributed by atoms with van der Waals surface area (Å²) in [6.07, 6.45) is 30.6. The summed E-state index contributed by atoms with van der Waals surface area (Å²) < 4.78 is 22.0. The van der Waals surface area contributed by atoms with Gasteiger partial charge in [-0.05, 0) is 51.4 Å². The Hall–Kier alpha value is -2.20. The number of rotatable bonds is 42. The Morgan fingerprint density at radius 1 is 0.482 bits per heavy atom. The molecular formula is C46H87NO9. The van der Waals surface area contributed by atoms with Crippen LogP contribution in [-0.4, -0.2) is 73.7 Å². The molecule has 0 amide bonds. The van der Waals surface area contributed by atoms with Crippen molar-refractivity contribution in [2.45, 2.75) is 232 Å². The Morgan fingerprint density at radius 3 is 1.36 bits per heavy atom. The molecule has 0 bridgehead atoms. The van der Waals surface area contributed by atoms with Gasteiger partial charge in [0.1, 0.15) is 18.5 Å². The fraction of sp³-hybridized carbons (Fsp3) is 0.913. The number of Topliss-reactive ketones (excluding diaryl/α,β-unsaturated/α-hetero) is 1. The van der Waals surface area contributed by atoms with Crippen molar-refractivity contribution in [2.75, 3.05) is 33.4 Å². The molecule has 0 aromatic carbocycles. The van der Waals surface area contributed by atoms with Crippen LogP contribution in [0.4, 0.5) is 4.79 Å². The van der Waals surface area contributed by atoms with E-state index in [1.165, 1.54) is 84.1 Å². The van der Waals surface area contributed by atoms with Crippen molar-refractivity contribution in [3.05, 3.63) is 0 Å². The van der Waals surface area contributed by atoms with Gasteiger partial charge < -0.3 is 24.2 Å². The van der Waals surface area contributed by atoms with Gasteiger partial charge in [-0.3, -0.25) is 14.4 Å². The lowest BCUT2D eigenvalue weighted by atomic mass is 9.99. The minimum atomic E-state index is -0.718. The van der Waals surface area contributed by atoms with Gasteiger partial charge in [-0.1, -0.05) is 149 Å². The molecule has 1 atom stereocenters. The molecule has 0 aliphatic carbocycles. The summed E-state index contributed by atoms with van der Waals surface area (Å²) in [6.45, 7) is 7.40. The smallest absolute Gasteiger partial charge is 0.465 e. The van der Waals surface area contributed by atoms with Gasteiger partial charge in [0, 0.05) is 38.6 Å². The van der Waals surface area contributed by atoms with Crippen molar-refractivity contribution >= 4 is 23.9 Å². The molecule has 10 nitrogen and oxygen atoms in total. The summed E-state index contributed by atoms with van der Waals surface area (Å²) in [5.41, 5.74) is 0. The van der Waals surface area contributed by atoms with Gasteiger partial charge in [-0.2, -0.15) is 5.06 Å². The molecule has 0 heterocycles. The molecule has 0 radical (unpaired) electrons. The molecule has 0 rings (SSSR count). The monoisotopic (exact) mass is 798 g/mol. The van der Waals surface area contributed by atoms with Crippen LogP contribution in [0.1, 0.15) is 226 Å². The molecule has 56 heavy (non-hydrogen) atoms. The van der Waals surface area contributed by atoms with E-state index in [-0.39, 0.29) is 56.1 Å². The van der Waals surface area contributed by atoms with Gasteiger partial charge in [0.25, 0.3) is 0 Å². The molecule has 0 aliphatic heterocycles. The molecule has 330 valence electrons. The molecule has 0 aliphatic rings. The predicted octanol–water partition coefficient (Wildman–Crippen LogP) is 12.6. The number of ether oxygens (including phenoxy) is 4. The van der Waals surface area contributed by atoms with Gasteiger partial charge >= 0.3 is 18.1 Å². The van der Waals surface area contributed by atoms with Crippen LogP contribution in [0.15, 0.2) is 0 Å². The van der Waals surface area contributed by atoms with Crippen molar-refractivity contribution in [3.63, 3.8) is 0 Å². The van der Waals surface area contributed by atoms with Gasteiger partial charge in [-0.25, -0.2) is 4.79 Å². The molecule has 0 aromatic heterocycles. The number of nitrogens with zero attached hydrogens (tertiary/aromatic N) is 1. The fourth-order valence-electron chi connectivity index (χ4n) is 6.84. The van der Waals surface area contributed by atoms with Crippen LogP contribution >= 0.6 is 0 Å². The number of ketones is 1. The maximum Gasteiger partial charge on any atom is 0.508 e. The average molecular weight is 798 g/mol. The summed E-state index contributed by atoms with van der Waals surface area (Å²) >= 11 is 0. The third kappa shape index (κ3) is 38.7. The second kappa shape index (κ2) is 41.0. The maximum absolute atomic E-state index is 12.7. The molecule has 0 aromatic rings. The highest BCUT2D eigenvalue weighted by Crippen LogP contribution is 2.19. The van der Waals surface area contributed by atoms with E-state index in [2.05, 4.69) is 20.8 Å². The zero-order valence-corrected chi connectivity index (χ0v) is 36.8. The van der Waals surface area contributed by atoms with E-state index in [0.717, 1.165) is 95.0 Å². The van der Waals surface area contributed by atoms with E-state index < -0.39 is 6.16 Å². The van der Waals surface area contributed by atoms with Gasteiger partial charge in [0.2, 0.25) is 0 Å². The molecule has 0 saturated heterocycles. The molecule has 0 saturated carbocycles. The topological polar surface area (TPSA) is 129 Å². The van der Waals surface area contributed by atoms with Crippen LogP contribution in [0.25, 0.3) is 0 Å². The summed E-state index contributed by atoms with van der Waals surface area (Å²) in [5.74, 6) is -0.129. The minimum Gasteiger partial charge on any atom is -0.465 e. The van der Waals surface area contributed by atoms with Crippen molar-refractivity contribution < 1.29 is 43.3 Å². The molecule has 1 N–H and O–H groups in total. The van der Waals surface area contributed by atoms with Crippen LogP contribution in [0.2, 0.25) is 0 Å². The van der Waals surface area contributed by atoms with Gasteiger partial charge in [0.15, 0.2) is 0 Å². The van der Waals surface area contributed by atoms with Crippen LogP contribution in [0.3, 0.4) is 0 Å². The second-order valence-electron chi connectivity index (χ2n) is 16.1. The van der Waals surface area contributed by atoms with E-state index >= 15 is 0 Å². The summed E-state index contributed by atoms with van der Waals surface area (Å²) in [4.78, 5) is 49.8. The Bertz CT molecular complexity index is 898. The summed E-state index contributed by atoms with van der Waals surface area (Å²) in [7, 11) is 1.49. The van der Waals surface area contributed by atoms with E-state index in [4.69, 9.17) is 18.9 Å². The quantitative estimate of drug-likeness (QED) is 0.0276. The van der Waals surface area contributed by atoms with Crippen LogP contribution in [0, 0.1) is 5.92 Å². The first-order valence-corrected chi connectivity index (χ1v) is 23.3. The van der Waals surface area contributed by atoms with Crippen molar-refractivity contribution in [1.82, 2.24) is 5.06 Å². The zero-order valence-electron chi connectivity index (χ0n) is 36.8. The highest BCUT2D eigenvalue weighted by atomic mass is 16.7. The lowest BCUT2D eigenvalue weighted by Crippen LogP contribution is -2.24. The number of hydrogen-bond acceptors (Lipinski definition) is 10. The highest BCUT2D eigenvalue weighted by Gasteiger charge is 2.18. The minimum absolute atomic E-state index is 0.0199. The third-order valence-corrected chi connectivity index (χ3v) is 10.5. The Labute approximate surface area is 343 Å². The van der Waals surface area contributed by atoms with E-state index in [1.807, 2.05) is 0 Å². The number of unbranched alkanes of at least 4 members (excludes halogenated alkanes) is 20. The molecule has 0 spiro atoms. The highest BCUT2D eigenvalue weighted by molar-refractivity contribution is 5.78. The molecule has 1 unspecified atom stereocenters. The summed E-state index contributed by atoms with van der Waals surface area (Å²) in [6, 6.07) is 0. The normalized spacial score (nSPS) is 11.9. The predicted molar refractivity (Wildman–Crippen MR) is 226 cm³/mol. The van der Waals surface area contributed by atoms with E-state index in [9.17, 15) is 24.4 Å². The van der Waals surface area contributed by atoms with Gasteiger partial charge in [-0.15, -0.1) is 0 Å². The third-order valence-electron chi connectivity index (χ3n) is 10.5. The largest absolute Gasteiger partial charge is 0.508 e. The maximum atomic E-state index is 12.7. The number of carbonyl (C=O) groups is 4. The number of hydrogen-bond donors (Lipinski definition) is 1. The lowest BCUT2D eigenvalue weighted by molar-refractivity contribution is -0.149.